The van der Waals surface area contributed by atoms with Gasteiger partial charge in [-0.15, -0.1) is 11.3 Å². The van der Waals surface area contributed by atoms with Gasteiger partial charge in [0, 0.05) is 35.6 Å². The molecule has 2 heterocycles. The van der Waals surface area contributed by atoms with Gasteiger partial charge in [-0.1, -0.05) is 6.07 Å². The molecular weight excluding hydrogens is 368 g/mol. The number of nitrogens with zero attached hydrogens (tertiary/aromatic N) is 1. The van der Waals surface area contributed by atoms with Gasteiger partial charge in [-0.3, -0.25) is 4.90 Å². The molecule has 0 saturated carbocycles. The molecule has 0 N–H and O–H groups in total. The lowest BCUT2D eigenvalue weighted by Gasteiger charge is -2.20. The topological polar surface area (TPSA) is 21.7 Å². The molecule has 3 aromatic rings. The second-order valence-electron chi connectivity index (χ2n) is 6.44. The van der Waals surface area contributed by atoms with Crippen molar-refractivity contribution < 1.29 is 18.3 Å². The maximum absolute atomic E-state index is 14.0. The summed E-state index contributed by atoms with van der Waals surface area (Å²) in [6, 6.07) is 11.7. The van der Waals surface area contributed by atoms with Crippen molar-refractivity contribution >= 4 is 11.3 Å². The maximum Gasteiger partial charge on any atom is 0.165 e. The minimum atomic E-state index is -0.431. The van der Waals surface area contributed by atoms with E-state index in [1.807, 2.05) is 17.5 Å². The van der Waals surface area contributed by atoms with Gasteiger partial charge in [0.2, 0.25) is 0 Å². The lowest BCUT2D eigenvalue weighted by molar-refractivity contribution is 0.214. The summed E-state index contributed by atoms with van der Waals surface area (Å²) in [5.74, 6) is 0.584. The molecule has 0 spiro atoms. The largest absolute Gasteiger partial charge is 0.493 e. The summed E-state index contributed by atoms with van der Waals surface area (Å²) in [6.07, 6.45) is 0. The van der Waals surface area contributed by atoms with Crippen LogP contribution in [0.3, 0.4) is 0 Å². The highest BCUT2D eigenvalue weighted by molar-refractivity contribution is 7.13. The average molecular weight is 387 g/mol. The van der Waals surface area contributed by atoms with Crippen molar-refractivity contribution in [1.29, 1.82) is 0 Å². The number of fused-ring (bicyclic) bond motifs is 1. The Bertz CT molecular complexity index is 944. The van der Waals surface area contributed by atoms with Crippen molar-refractivity contribution in [3.05, 3.63) is 70.6 Å². The molecule has 6 heteroatoms. The molecule has 0 unspecified atom stereocenters. The summed E-state index contributed by atoms with van der Waals surface area (Å²) < 4.78 is 39.0. The lowest BCUT2D eigenvalue weighted by Crippen LogP contribution is -2.25. The highest BCUT2D eigenvalue weighted by Crippen LogP contribution is 2.39. The zero-order chi connectivity index (χ0) is 18.8. The molecule has 2 aromatic carbocycles. The molecule has 0 radical (unpaired) electrons. The number of ether oxygens (including phenoxy) is 2. The maximum atomic E-state index is 14.0. The quantitative estimate of drug-likeness (QED) is 0.622. The third kappa shape index (κ3) is 3.82. The van der Waals surface area contributed by atoms with Gasteiger partial charge >= 0.3 is 0 Å². The Labute approximate surface area is 160 Å². The van der Waals surface area contributed by atoms with Gasteiger partial charge in [-0.05, 0) is 47.3 Å². The van der Waals surface area contributed by atoms with E-state index in [1.54, 1.807) is 18.4 Å². The fourth-order valence-electron chi connectivity index (χ4n) is 3.32. The zero-order valence-electron chi connectivity index (χ0n) is 14.9. The van der Waals surface area contributed by atoms with Crippen LogP contribution in [0.25, 0.3) is 10.4 Å². The van der Waals surface area contributed by atoms with E-state index in [1.165, 1.54) is 12.1 Å². The summed E-state index contributed by atoms with van der Waals surface area (Å²) in [4.78, 5) is 3.20. The molecule has 4 rings (SSSR count). The molecule has 1 aliphatic heterocycles. The summed E-state index contributed by atoms with van der Waals surface area (Å²) in [6.45, 7) is 1.96. The van der Waals surface area contributed by atoms with E-state index in [-0.39, 0.29) is 0 Å². The van der Waals surface area contributed by atoms with Gasteiger partial charge in [0.15, 0.2) is 11.5 Å². The number of thiophene rings is 1. The van der Waals surface area contributed by atoms with E-state index in [2.05, 4.69) is 17.0 Å². The van der Waals surface area contributed by atoms with Gasteiger partial charge in [-0.2, -0.15) is 0 Å². The van der Waals surface area contributed by atoms with Crippen molar-refractivity contribution in [2.24, 2.45) is 0 Å². The van der Waals surface area contributed by atoms with Crippen molar-refractivity contribution in [2.45, 2.75) is 13.1 Å². The Hall–Kier alpha value is -2.44. The predicted octanol–water partition coefficient (Wildman–Crippen LogP) is 5.10. The summed E-state index contributed by atoms with van der Waals surface area (Å²) in [7, 11) is 1.63. The lowest BCUT2D eigenvalue weighted by atomic mass is 10.1. The molecule has 0 bridgehead atoms. The average Bonchev–Trinajstić information content (AvgIpc) is 3.12. The monoisotopic (exact) mass is 387 g/mol. The van der Waals surface area contributed by atoms with Crippen LogP contribution in [-0.4, -0.2) is 25.2 Å². The first-order chi connectivity index (χ1) is 13.1. The number of methoxy groups -OCH3 is 1. The molecule has 27 heavy (non-hydrogen) atoms. The molecule has 3 nitrogen and oxygen atoms in total. The number of hydrogen-bond donors (Lipinski definition) is 0. The van der Waals surface area contributed by atoms with E-state index >= 15 is 0 Å². The standard InChI is InChI=1S/C21H19F2NO2S/c1-25-19-11-14(20-3-2-8-27-20)9-16-13-24(6-7-26-21(16)19)12-15-10-17(22)4-5-18(15)23/h2-5,8-11H,6-7,12-13H2,1H3. The van der Waals surface area contributed by atoms with Crippen LogP contribution in [0.5, 0.6) is 11.5 Å². The number of halogens is 2. The first kappa shape index (κ1) is 17.9. The Morgan fingerprint density at radius 2 is 2.07 bits per heavy atom. The zero-order valence-corrected chi connectivity index (χ0v) is 15.7. The number of hydrogen-bond acceptors (Lipinski definition) is 4. The van der Waals surface area contributed by atoms with Crippen LogP contribution in [0.15, 0.2) is 47.8 Å². The van der Waals surface area contributed by atoms with Gasteiger partial charge in [-0.25, -0.2) is 8.78 Å². The van der Waals surface area contributed by atoms with Crippen LogP contribution in [0, 0.1) is 11.6 Å². The number of benzene rings is 2. The molecular formula is C21H19F2NO2S. The highest BCUT2D eigenvalue weighted by Gasteiger charge is 2.21. The molecule has 0 saturated heterocycles. The molecule has 0 atom stereocenters. The first-order valence-corrected chi connectivity index (χ1v) is 9.56. The SMILES string of the molecule is COc1cc(-c2cccs2)cc2c1OCCN(Cc1cc(F)ccc1F)C2. The van der Waals surface area contributed by atoms with Gasteiger partial charge in [0.1, 0.15) is 18.2 Å². The normalized spacial score (nSPS) is 14.3. The Morgan fingerprint density at radius 3 is 2.85 bits per heavy atom. The minimum absolute atomic E-state index is 0.317. The van der Waals surface area contributed by atoms with E-state index in [0.29, 0.717) is 37.6 Å². The Morgan fingerprint density at radius 1 is 1.19 bits per heavy atom. The van der Waals surface area contributed by atoms with Gasteiger partial charge < -0.3 is 9.47 Å². The number of rotatable bonds is 4. The summed E-state index contributed by atoms with van der Waals surface area (Å²) in [5, 5.41) is 2.03. The van der Waals surface area contributed by atoms with Crippen LogP contribution in [0.2, 0.25) is 0 Å². The Kier molecular flexibility index (Phi) is 5.09. The molecule has 0 fully saturated rings. The van der Waals surface area contributed by atoms with Crippen molar-refractivity contribution in [3.63, 3.8) is 0 Å². The van der Waals surface area contributed by atoms with E-state index in [9.17, 15) is 8.78 Å². The second-order valence-corrected chi connectivity index (χ2v) is 7.39. The fourth-order valence-corrected chi connectivity index (χ4v) is 4.03. The third-order valence-electron chi connectivity index (χ3n) is 4.61. The van der Waals surface area contributed by atoms with Crippen LogP contribution in [0.4, 0.5) is 8.78 Å². The van der Waals surface area contributed by atoms with E-state index < -0.39 is 11.6 Å². The van der Waals surface area contributed by atoms with Gasteiger partial charge in [0.25, 0.3) is 0 Å². The fraction of sp³-hybridized carbons (Fsp3) is 0.238. The summed E-state index contributed by atoms with van der Waals surface area (Å²) in [5.41, 5.74) is 2.38. The first-order valence-electron chi connectivity index (χ1n) is 8.68. The third-order valence-corrected chi connectivity index (χ3v) is 5.53. The molecule has 1 aliphatic rings. The van der Waals surface area contributed by atoms with Crippen molar-refractivity contribution in [2.75, 3.05) is 20.3 Å². The molecule has 140 valence electrons. The predicted molar refractivity (Wildman–Crippen MR) is 102 cm³/mol. The van der Waals surface area contributed by atoms with Crippen molar-refractivity contribution in [1.82, 2.24) is 4.90 Å². The van der Waals surface area contributed by atoms with Crippen LogP contribution < -0.4 is 9.47 Å². The Balaban J connectivity index is 1.66. The summed E-state index contributed by atoms with van der Waals surface area (Å²) >= 11 is 1.66. The van der Waals surface area contributed by atoms with Crippen molar-refractivity contribution in [3.8, 4) is 21.9 Å². The van der Waals surface area contributed by atoms with Crippen LogP contribution in [-0.2, 0) is 13.1 Å². The molecule has 1 aromatic heterocycles. The highest BCUT2D eigenvalue weighted by atomic mass is 32.1. The minimum Gasteiger partial charge on any atom is -0.493 e. The van der Waals surface area contributed by atoms with E-state index in [4.69, 9.17) is 9.47 Å². The van der Waals surface area contributed by atoms with E-state index in [0.717, 1.165) is 27.8 Å². The van der Waals surface area contributed by atoms with Crippen LogP contribution >= 0.6 is 11.3 Å². The van der Waals surface area contributed by atoms with Gasteiger partial charge in [0.05, 0.1) is 7.11 Å². The smallest absolute Gasteiger partial charge is 0.165 e. The molecule has 0 amide bonds. The van der Waals surface area contributed by atoms with Crippen LogP contribution in [0.1, 0.15) is 11.1 Å². The second kappa shape index (κ2) is 7.66. The molecule has 0 aliphatic carbocycles.